The quantitative estimate of drug-likeness (QED) is 0.254. The molecule has 0 aromatic heterocycles. The van der Waals surface area contributed by atoms with Crippen molar-refractivity contribution in [3.05, 3.63) is 0 Å². The minimum Gasteiger partial charge on any atom is -0.409 e. The fraction of sp³-hybridized carbons (Fsp3) is 0.889. The van der Waals surface area contributed by atoms with Crippen molar-refractivity contribution in [1.82, 2.24) is 10.2 Å². The molecule has 82 valence electrons. The second-order valence-corrected chi connectivity index (χ2v) is 3.62. The van der Waals surface area contributed by atoms with Crippen molar-refractivity contribution < 1.29 is 5.21 Å². The maximum Gasteiger partial charge on any atom is 0.156 e. The fourth-order valence-electron chi connectivity index (χ4n) is 1.85. The van der Waals surface area contributed by atoms with E-state index in [2.05, 4.69) is 22.3 Å². The molecule has 1 unspecified atom stereocenters. The van der Waals surface area contributed by atoms with E-state index in [1.54, 1.807) is 0 Å². The largest absolute Gasteiger partial charge is 0.409 e. The SMILES string of the molecule is CCCC(C(N)=NO)N1CCNCC1. The Balaban J connectivity index is 2.55. The second kappa shape index (κ2) is 5.82. The van der Waals surface area contributed by atoms with Crippen LogP contribution in [0.4, 0.5) is 0 Å². The summed E-state index contributed by atoms with van der Waals surface area (Å²) < 4.78 is 0. The first-order valence-corrected chi connectivity index (χ1v) is 5.21. The van der Waals surface area contributed by atoms with E-state index in [1.165, 1.54) is 0 Å². The van der Waals surface area contributed by atoms with Crippen LogP contribution >= 0.6 is 0 Å². The van der Waals surface area contributed by atoms with Crippen LogP contribution in [0.25, 0.3) is 0 Å². The normalized spacial score (nSPS) is 22.2. The van der Waals surface area contributed by atoms with Gasteiger partial charge in [0.2, 0.25) is 0 Å². The number of amidine groups is 1. The van der Waals surface area contributed by atoms with Crippen molar-refractivity contribution in [1.29, 1.82) is 0 Å². The first kappa shape index (κ1) is 11.3. The summed E-state index contributed by atoms with van der Waals surface area (Å²) in [6.45, 7) is 6.03. The predicted octanol–water partition coefficient (Wildman–Crippen LogP) is -0.193. The Morgan fingerprint density at radius 1 is 1.57 bits per heavy atom. The monoisotopic (exact) mass is 200 g/mol. The van der Waals surface area contributed by atoms with Crippen LogP contribution < -0.4 is 11.1 Å². The highest BCUT2D eigenvalue weighted by Crippen LogP contribution is 2.08. The maximum absolute atomic E-state index is 8.68. The molecule has 1 heterocycles. The van der Waals surface area contributed by atoms with Gasteiger partial charge in [0.05, 0.1) is 6.04 Å². The molecule has 0 aromatic carbocycles. The number of hydrogen-bond donors (Lipinski definition) is 3. The fourth-order valence-corrected chi connectivity index (χ4v) is 1.85. The van der Waals surface area contributed by atoms with E-state index in [4.69, 9.17) is 10.9 Å². The van der Waals surface area contributed by atoms with Gasteiger partial charge in [0.25, 0.3) is 0 Å². The van der Waals surface area contributed by atoms with Gasteiger partial charge in [-0.15, -0.1) is 0 Å². The Morgan fingerprint density at radius 2 is 2.21 bits per heavy atom. The van der Waals surface area contributed by atoms with Crippen LogP contribution in [-0.4, -0.2) is 48.2 Å². The molecule has 4 N–H and O–H groups in total. The van der Waals surface area contributed by atoms with Gasteiger partial charge in [-0.05, 0) is 6.42 Å². The molecule has 5 heteroatoms. The molecule has 0 amide bonds. The third-order valence-corrected chi connectivity index (χ3v) is 2.61. The number of hydrogen-bond acceptors (Lipinski definition) is 4. The molecule has 1 fully saturated rings. The summed E-state index contributed by atoms with van der Waals surface area (Å²) in [6.07, 6.45) is 2.00. The Morgan fingerprint density at radius 3 is 2.71 bits per heavy atom. The molecule has 0 aliphatic carbocycles. The van der Waals surface area contributed by atoms with Crippen LogP contribution in [0.2, 0.25) is 0 Å². The average molecular weight is 200 g/mol. The lowest BCUT2D eigenvalue weighted by atomic mass is 10.1. The smallest absolute Gasteiger partial charge is 0.156 e. The summed E-state index contributed by atoms with van der Waals surface area (Å²) in [7, 11) is 0. The van der Waals surface area contributed by atoms with Crippen molar-refractivity contribution in [2.75, 3.05) is 26.2 Å². The van der Waals surface area contributed by atoms with Gasteiger partial charge in [-0.25, -0.2) is 0 Å². The minimum atomic E-state index is 0.104. The molecule has 0 bridgehead atoms. The van der Waals surface area contributed by atoms with Crippen LogP contribution in [0.5, 0.6) is 0 Å². The summed E-state index contributed by atoms with van der Waals surface area (Å²) >= 11 is 0. The second-order valence-electron chi connectivity index (χ2n) is 3.62. The number of oxime groups is 1. The van der Waals surface area contributed by atoms with E-state index < -0.39 is 0 Å². The molecule has 1 aliphatic rings. The number of nitrogens with one attached hydrogen (secondary N) is 1. The molecular formula is C9H20N4O. The zero-order valence-electron chi connectivity index (χ0n) is 8.74. The van der Waals surface area contributed by atoms with Crippen molar-refractivity contribution in [2.45, 2.75) is 25.8 Å². The third-order valence-electron chi connectivity index (χ3n) is 2.61. The molecule has 1 rings (SSSR count). The molecule has 0 radical (unpaired) electrons. The van der Waals surface area contributed by atoms with E-state index in [0.717, 1.165) is 39.0 Å². The molecule has 1 saturated heterocycles. The van der Waals surface area contributed by atoms with Crippen LogP contribution in [0.1, 0.15) is 19.8 Å². The number of nitrogens with zero attached hydrogens (tertiary/aromatic N) is 2. The summed E-state index contributed by atoms with van der Waals surface area (Å²) in [6, 6.07) is 0.104. The van der Waals surface area contributed by atoms with E-state index in [-0.39, 0.29) is 6.04 Å². The van der Waals surface area contributed by atoms with E-state index >= 15 is 0 Å². The highest BCUT2D eigenvalue weighted by Gasteiger charge is 2.22. The molecule has 5 nitrogen and oxygen atoms in total. The minimum absolute atomic E-state index is 0.104. The lowest BCUT2D eigenvalue weighted by molar-refractivity contribution is 0.199. The number of piperazine rings is 1. The Hall–Kier alpha value is -0.810. The maximum atomic E-state index is 8.68. The van der Waals surface area contributed by atoms with E-state index in [9.17, 15) is 0 Å². The van der Waals surface area contributed by atoms with Gasteiger partial charge in [0, 0.05) is 26.2 Å². The van der Waals surface area contributed by atoms with Crippen molar-refractivity contribution >= 4 is 5.84 Å². The summed E-state index contributed by atoms with van der Waals surface area (Å²) in [5.74, 6) is 0.341. The predicted molar refractivity (Wildman–Crippen MR) is 56.5 cm³/mol. The van der Waals surface area contributed by atoms with Crippen molar-refractivity contribution in [3.63, 3.8) is 0 Å². The summed E-state index contributed by atoms with van der Waals surface area (Å²) in [5.41, 5.74) is 5.67. The topological polar surface area (TPSA) is 73.9 Å². The highest BCUT2D eigenvalue weighted by atomic mass is 16.4. The Labute approximate surface area is 84.9 Å². The van der Waals surface area contributed by atoms with Gasteiger partial charge in [0.1, 0.15) is 0 Å². The van der Waals surface area contributed by atoms with Gasteiger partial charge >= 0.3 is 0 Å². The molecule has 1 atom stereocenters. The van der Waals surface area contributed by atoms with Crippen LogP contribution in [-0.2, 0) is 0 Å². The summed E-state index contributed by atoms with van der Waals surface area (Å²) in [5, 5.41) is 15.1. The van der Waals surface area contributed by atoms with E-state index in [1.807, 2.05) is 0 Å². The van der Waals surface area contributed by atoms with Gasteiger partial charge in [-0.2, -0.15) is 0 Å². The molecule has 0 aromatic rings. The van der Waals surface area contributed by atoms with E-state index in [0.29, 0.717) is 5.84 Å². The highest BCUT2D eigenvalue weighted by molar-refractivity contribution is 5.85. The molecule has 14 heavy (non-hydrogen) atoms. The van der Waals surface area contributed by atoms with Gasteiger partial charge in [0.15, 0.2) is 5.84 Å². The molecular weight excluding hydrogens is 180 g/mol. The molecule has 0 saturated carbocycles. The number of nitrogens with two attached hydrogens (primary N) is 1. The standard InChI is InChI=1S/C9H20N4O/c1-2-3-8(9(10)12-14)13-6-4-11-5-7-13/h8,11,14H,2-7H2,1H3,(H2,10,12). The van der Waals surface area contributed by atoms with Gasteiger partial charge < -0.3 is 16.3 Å². The number of rotatable bonds is 4. The zero-order chi connectivity index (χ0) is 10.4. The van der Waals surface area contributed by atoms with Gasteiger partial charge in [-0.1, -0.05) is 18.5 Å². The van der Waals surface area contributed by atoms with Crippen LogP contribution in [0.15, 0.2) is 5.16 Å². The van der Waals surface area contributed by atoms with Crippen molar-refractivity contribution in [3.8, 4) is 0 Å². The first-order chi connectivity index (χ1) is 6.79. The molecule has 0 spiro atoms. The Bertz CT molecular complexity index is 189. The first-order valence-electron chi connectivity index (χ1n) is 5.21. The average Bonchev–Trinajstić information content (AvgIpc) is 2.26. The zero-order valence-corrected chi connectivity index (χ0v) is 8.74. The van der Waals surface area contributed by atoms with Crippen LogP contribution in [0.3, 0.4) is 0 Å². The summed E-state index contributed by atoms with van der Waals surface area (Å²) in [4.78, 5) is 2.27. The van der Waals surface area contributed by atoms with Crippen LogP contribution in [0, 0.1) is 0 Å². The van der Waals surface area contributed by atoms with Crippen molar-refractivity contribution in [2.24, 2.45) is 10.9 Å². The Kier molecular flexibility index (Phi) is 4.69. The van der Waals surface area contributed by atoms with Gasteiger partial charge in [-0.3, -0.25) is 4.90 Å². The lowest BCUT2D eigenvalue weighted by Crippen LogP contribution is -2.52. The molecule has 1 aliphatic heterocycles. The third kappa shape index (κ3) is 2.85. The lowest BCUT2D eigenvalue weighted by Gasteiger charge is -2.33.